The van der Waals surface area contributed by atoms with Crippen LogP contribution in [0.15, 0.2) is 0 Å². The van der Waals surface area contributed by atoms with Gasteiger partial charge in [-0.25, -0.2) is 0 Å². The molecule has 1 fully saturated rings. The third-order valence-electron chi connectivity index (χ3n) is 2.15. The molecule has 54 valence electrons. The van der Waals surface area contributed by atoms with E-state index in [2.05, 4.69) is 18.7 Å². The van der Waals surface area contributed by atoms with Crippen molar-refractivity contribution in [3.05, 3.63) is 6.92 Å². The first-order chi connectivity index (χ1) is 4.33. The fourth-order valence-corrected chi connectivity index (χ4v) is 1.30. The zero-order chi connectivity index (χ0) is 6.69. The van der Waals surface area contributed by atoms with Gasteiger partial charge in [0.25, 0.3) is 0 Å². The molecule has 0 aromatic heterocycles. The van der Waals surface area contributed by atoms with E-state index in [1.807, 2.05) is 0 Å². The predicted molar refractivity (Wildman–Crippen MR) is 40.2 cm³/mol. The summed E-state index contributed by atoms with van der Waals surface area (Å²) in [4.78, 5) is 2.49. The molecule has 1 rings (SSSR count). The second-order valence-corrected chi connectivity index (χ2v) is 2.88. The van der Waals surface area contributed by atoms with Gasteiger partial charge < -0.3 is 11.8 Å². The van der Waals surface area contributed by atoms with Crippen LogP contribution in [0.25, 0.3) is 0 Å². The van der Waals surface area contributed by atoms with Crippen molar-refractivity contribution in [3.63, 3.8) is 0 Å². The topological polar surface area (TPSA) is 3.24 Å². The molecule has 0 atom stereocenters. The van der Waals surface area contributed by atoms with Gasteiger partial charge in [0.1, 0.15) is 0 Å². The third-order valence-corrected chi connectivity index (χ3v) is 2.15. The van der Waals surface area contributed by atoms with Gasteiger partial charge in [-0.15, -0.1) is 0 Å². The van der Waals surface area contributed by atoms with Crippen molar-refractivity contribution >= 4 is 0 Å². The standard InChI is InChI=1S/C8H16N.Y/c1-3-9-6-4-8(2)5-7-9;/h8H,2-7H2,1H3;/q-1;+3. The Bertz CT molecular complexity index is 77.3. The summed E-state index contributed by atoms with van der Waals surface area (Å²) in [6.07, 6.45) is 2.60. The van der Waals surface area contributed by atoms with E-state index in [1.165, 1.54) is 32.5 Å². The van der Waals surface area contributed by atoms with Crippen molar-refractivity contribution in [2.45, 2.75) is 19.8 Å². The largest absolute Gasteiger partial charge is 3.00 e. The molecule has 0 aliphatic carbocycles. The van der Waals surface area contributed by atoms with E-state index in [1.54, 1.807) is 0 Å². The molecule has 1 saturated heterocycles. The smallest absolute Gasteiger partial charge is 0.340 e. The molecule has 1 heterocycles. The zero-order valence-corrected chi connectivity index (χ0v) is 9.68. The minimum atomic E-state index is 0. The van der Waals surface area contributed by atoms with Crippen LogP contribution in [0.5, 0.6) is 0 Å². The average Bonchev–Trinajstić information content (AvgIpc) is 1.90. The Kier molecular flexibility index (Phi) is 6.29. The molecule has 10 heavy (non-hydrogen) atoms. The molecule has 1 nitrogen and oxygen atoms in total. The molecular formula is C8H16NY+2. The summed E-state index contributed by atoms with van der Waals surface area (Å²) in [5, 5.41) is 0. The van der Waals surface area contributed by atoms with E-state index < -0.39 is 0 Å². The summed E-state index contributed by atoms with van der Waals surface area (Å²) in [5.41, 5.74) is 0. The Morgan fingerprint density at radius 2 is 1.90 bits per heavy atom. The molecule has 1 aliphatic rings. The monoisotopic (exact) mass is 215 g/mol. The van der Waals surface area contributed by atoms with Gasteiger partial charge in [-0.05, 0) is 19.6 Å². The molecular weight excluding hydrogens is 199 g/mol. The zero-order valence-electron chi connectivity index (χ0n) is 6.84. The van der Waals surface area contributed by atoms with Crippen molar-refractivity contribution in [2.24, 2.45) is 5.92 Å². The molecule has 0 amide bonds. The maximum absolute atomic E-state index is 4.04. The molecule has 0 aromatic carbocycles. The van der Waals surface area contributed by atoms with Crippen LogP contribution < -0.4 is 0 Å². The van der Waals surface area contributed by atoms with Crippen molar-refractivity contribution in [1.82, 2.24) is 4.90 Å². The molecule has 1 aliphatic heterocycles. The Morgan fingerprint density at radius 3 is 2.30 bits per heavy atom. The van der Waals surface area contributed by atoms with E-state index in [4.69, 9.17) is 0 Å². The average molecular weight is 215 g/mol. The minimum absolute atomic E-state index is 0. The van der Waals surface area contributed by atoms with Crippen LogP contribution in [-0.2, 0) is 32.7 Å². The van der Waals surface area contributed by atoms with Crippen LogP contribution in [0.1, 0.15) is 19.8 Å². The van der Waals surface area contributed by atoms with Crippen LogP contribution in [0.2, 0.25) is 0 Å². The quantitative estimate of drug-likeness (QED) is 0.600. The first kappa shape index (κ1) is 11.1. The van der Waals surface area contributed by atoms with E-state index in [9.17, 15) is 0 Å². The Hall–Kier alpha value is 1.06. The first-order valence-electron chi connectivity index (χ1n) is 3.88. The van der Waals surface area contributed by atoms with Gasteiger partial charge in [-0.1, -0.05) is 19.8 Å². The van der Waals surface area contributed by atoms with Gasteiger partial charge >= 0.3 is 32.7 Å². The van der Waals surface area contributed by atoms with Gasteiger partial charge in [0.2, 0.25) is 0 Å². The first-order valence-corrected chi connectivity index (χ1v) is 3.88. The summed E-state index contributed by atoms with van der Waals surface area (Å²) >= 11 is 0. The van der Waals surface area contributed by atoms with E-state index >= 15 is 0 Å². The molecule has 0 spiro atoms. The van der Waals surface area contributed by atoms with Crippen molar-refractivity contribution in [1.29, 1.82) is 0 Å². The maximum atomic E-state index is 4.04. The van der Waals surface area contributed by atoms with E-state index in [-0.39, 0.29) is 32.7 Å². The summed E-state index contributed by atoms with van der Waals surface area (Å²) in [6.45, 7) is 10.0. The summed E-state index contributed by atoms with van der Waals surface area (Å²) < 4.78 is 0. The third kappa shape index (κ3) is 3.45. The summed E-state index contributed by atoms with van der Waals surface area (Å²) in [7, 11) is 0. The van der Waals surface area contributed by atoms with Gasteiger partial charge in [0, 0.05) is 0 Å². The molecule has 0 saturated carbocycles. The van der Waals surface area contributed by atoms with Crippen molar-refractivity contribution < 1.29 is 32.7 Å². The van der Waals surface area contributed by atoms with Gasteiger partial charge in [0.05, 0.1) is 0 Å². The molecule has 0 radical (unpaired) electrons. The van der Waals surface area contributed by atoms with Gasteiger partial charge in [-0.3, -0.25) is 0 Å². The Morgan fingerprint density at radius 1 is 1.40 bits per heavy atom. The maximum Gasteiger partial charge on any atom is 3.00 e. The molecule has 2 heteroatoms. The molecule has 0 unspecified atom stereocenters. The van der Waals surface area contributed by atoms with Crippen LogP contribution >= 0.6 is 0 Å². The number of hydrogen-bond donors (Lipinski definition) is 0. The van der Waals surface area contributed by atoms with E-state index in [0.29, 0.717) is 0 Å². The van der Waals surface area contributed by atoms with Gasteiger partial charge in [0.15, 0.2) is 0 Å². The van der Waals surface area contributed by atoms with Crippen molar-refractivity contribution in [2.75, 3.05) is 19.6 Å². The number of hydrogen-bond acceptors (Lipinski definition) is 1. The second kappa shape index (κ2) is 5.68. The normalized spacial score (nSPS) is 22.2. The Labute approximate surface area is 89.4 Å². The van der Waals surface area contributed by atoms with Crippen LogP contribution in [0.4, 0.5) is 0 Å². The number of likely N-dealkylation sites (tertiary alicyclic amines) is 1. The fraction of sp³-hybridized carbons (Fsp3) is 0.875. The van der Waals surface area contributed by atoms with Crippen LogP contribution in [0.3, 0.4) is 0 Å². The van der Waals surface area contributed by atoms with Gasteiger partial charge in [-0.2, -0.15) is 5.92 Å². The number of rotatable bonds is 1. The molecule has 0 N–H and O–H groups in total. The SMILES string of the molecule is [CH2-]C1CCN(CC)CC1.[Y+3]. The summed E-state index contributed by atoms with van der Waals surface area (Å²) in [6, 6.07) is 0. The fourth-order valence-electron chi connectivity index (χ4n) is 1.30. The number of nitrogens with zero attached hydrogens (tertiary/aromatic N) is 1. The number of piperidine rings is 1. The second-order valence-electron chi connectivity index (χ2n) is 2.88. The van der Waals surface area contributed by atoms with E-state index in [0.717, 1.165) is 5.92 Å². The van der Waals surface area contributed by atoms with Crippen molar-refractivity contribution in [3.8, 4) is 0 Å². The summed E-state index contributed by atoms with van der Waals surface area (Å²) in [5.74, 6) is 0.729. The predicted octanol–water partition coefficient (Wildman–Crippen LogP) is 1.55. The van der Waals surface area contributed by atoms with Crippen LogP contribution in [-0.4, -0.2) is 24.5 Å². The minimum Gasteiger partial charge on any atom is -0.340 e. The van der Waals surface area contributed by atoms with Crippen LogP contribution in [0, 0.1) is 12.8 Å². The molecule has 0 bridgehead atoms. The molecule has 0 aromatic rings. The Balaban J connectivity index is 0.000000810.